The van der Waals surface area contributed by atoms with Crippen LogP contribution in [0.25, 0.3) is 0 Å². The molecule has 3 amide bonds. The summed E-state index contributed by atoms with van der Waals surface area (Å²) in [6, 6.07) is 13.7. The van der Waals surface area contributed by atoms with Crippen LogP contribution >= 0.6 is 0 Å². The van der Waals surface area contributed by atoms with Crippen molar-refractivity contribution in [3.8, 4) is 5.75 Å². The lowest BCUT2D eigenvalue weighted by Crippen LogP contribution is -2.57. The molecule has 158 valence electrons. The summed E-state index contributed by atoms with van der Waals surface area (Å²) in [5.74, 6) is -1.25. The van der Waals surface area contributed by atoms with Crippen molar-refractivity contribution in [3.63, 3.8) is 0 Å². The number of nitrogens with one attached hydrogen (secondary N) is 3. The molecule has 0 fully saturated rings. The molecular weight excluding hydrogens is 386 g/mol. The maximum atomic E-state index is 12.9. The number of aliphatic hydroxyl groups is 1. The van der Waals surface area contributed by atoms with Crippen LogP contribution in [0.1, 0.15) is 22.8 Å². The molecule has 2 aromatic carbocycles. The molecule has 1 heterocycles. The lowest BCUT2D eigenvalue weighted by molar-refractivity contribution is -0.131. The summed E-state index contributed by atoms with van der Waals surface area (Å²) in [4.78, 5) is 38.3. The van der Waals surface area contributed by atoms with E-state index in [2.05, 4.69) is 16.0 Å². The number of ether oxygens (including phenoxy) is 1. The second kappa shape index (κ2) is 9.89. The van der Waals surface area contributed by atoms with Crippen molar-refractivity contribution in [2.24, 2.45) is 0 Å². The van der Waals surface area contributed by atoms with Crippen LogP contribution in [0.3, 0.4) is 0 Å². The van der Waals surface area contributed by atoms with E-state index < -0.39 is 30.0 Å². The maximum absolute atomic E-state index is 12.9. The van der Waals surface area contributed by atoms with Crippen molar-refractivity contribution in [2.75, 3.05) is 13.2 Å². The summed E-state index contributed by atoms with van der Waals surface area (Å²) in [5.41, 5.74) is 1.10. The lowest BCUT2D eigenvalue weighted by atomic mass is 10.0. The number of amides is 3. The molecule has 0 aliphatic carbocycles. The highest BCUT2D eigenvalue weighted by Gasteiger charge is 2.31. The third kappa shape index (κ3) is 5.36. The van der Waals surface area contributed by atoms with Crippen LogP contribution in [0.4, 0.5) is 0 Å². The van der Waals surface area contributed by atoms with E-state index in [1.165, 1.54) is 6.92 Å². The number of hydrogen-bond acceptors (Lipinski definition) is 5. The molecule has 0 aromatic heterocycles. The first kappa shape index (κ1) is 21.3. The summed E-state index contributed by atoms with van der Waals surface area (Å²) in [5, 5.41) is 18.1. The second-order valence-electron chi connectivity index (χ2n) is 7.08. The van der Waals surface area contributed by atoms with Gasteiger partial charge in [-0.3, -0.25) is 14.4 Å². The molecule has 8 nitrogen and oxygen atoms in total. The second-order valence-corrected chi connectivity index (χ2v) is 7.08. The van der Waals surface area contributed by atoms with Gasteiger partial charge in [0.05, 0.1) is 18.2 Å². The van der Waals surface area contributed by atoms with Crippen molar-refractivity contribution in [1.82, 2.24) is 16.0 Å². The fourth-order valence-corrected chi connectivity index (χ4v) is 3.18. The number of para-hydroxylation sites is 1. The van der Waals surface area contributed by atoms with Crippen molar-refractivity contribution < 1.29 is 24.2 Å². The van der Waals surface area contributed by atoms with Crippen LogP contribution in [0.15, 0.2) is 54.6 Å². The summed E-state index contributed by atoms with van der Waals surface area (Å²) in [7, 11) is 0. The smallest absolute Gasteiger partial charge is 0.255 e. The third-order valence-corrected chi connectivity index (χ3v) is 4.76. The third-order valence-electron chi connectivity index (χ3n) is 4.76. The maximum Gasteiger partial charge on any atom is 0.255 e. The molecule has 0 unspecified atom stereocenters. The molecule has 8 heteroatoms. The topological polar surface area (TPSA) is 117 Å². The lowest BCUT2D eigenvalue weighted by Gasteiger charge is -2.24. The van der Waals surface area contributed by atoms with Crippen LogP contribution in [0.2, 0.25) is 0 Å². The number of rotatable bonds is 3. The van der Waals surface area contributed by atoms with E-state index in [0.717, 1.165) is 5.56 Å². The Labute approximate surface area is 174 Å². The number of aliphatic hydroxyl groups excluding tert-OH is 1. The zero-order valence-corrected chi connectivity index (χ0v) is 16.6. The fourth-order valence-electron chi connectivity index (χ4n) is 3.18. The van der Waals surface area contributed by atoms with Crippen molar-refractivity contribution in [1.29, 1.82) is 0 Å². The Morgan fingerprint density at radius 2 is 1.70 bits per heavy atom. The molecule has 4 N–H and O–H groups in total. The Hall–Kier alpha value is -3.39. The molecule has 0 bridgehead atoms. The van der Waals surface area contributed by atoms with Crippen LogP contribution < -0.4 is 20.7 Å². The zero-order valence-electron chi connectivity index (χ0n) is 16.6. The normalized spacial score (nSPS) is 21.3. The van der Waals surface area contributed by atoms with E-state index in [1.807, 2.05) is 30.3 Å². The SMILES string of the molecule is C[C@@H](O)[C@@H]1NC(=O)c2ccccc2OCCNC(=O)[C@@H](Cc2ccccc2)NC1=O. The standard InChI is InChI=1S/C22H25N3O5/c1-14(26)19-22(29)24-17(13-15-7-3-2-4-8-15)21(28)23-11-12-30-18-10-6-5-9-16(18)20(27)25-19/h2-10,14,17,19,26H,11-13H2,1H3,(H,23,28)(H,24,29)(H,25,27)/t14-,17-,19+/m1/s1. The van der Waals surface area contributed by atoms with E-state index in [0.29, 0.717) is 5.75 Å². The Bertz CT molecular complexity index is 901. The van der Waals surface area contributed by atoms with Gasteiger partial charge in [0.25, 0.3) is 5.91 Å². The highest BCUT2D eigenvalue weighted by atomic mass is 16.5. The monoisotopic (exact) mass is 411 g/mol. The zero-order chi connectivity index (χ0) is 21.5. The quantitative estimate of drug-likeness (QED) is 0.584. The molecule has 0 radical (unpaired) electrons. The molecule has 3 atom stereocenters. The van der Waals surface area contributed by atoms with E-state index in [9.17, 15) is 19.5 Å². The molecule has 0 saturated heterocycles. The van der Waals surface area contributed by atoms with Gasteiger partial charge in [-0.2, -0.15) is 0 Å². The average molecular weight is 411 g/mol. The van der Waals surface area contributed by atoms with Gasteiger partial charge in [-0.25, -0.2) is 0 Å². The van der Waals surface area contributed by atoms with Crippen molar-refractivity contribution in [3.05, 3.63) is 65.7 Å². The number of benzene rings is 2. The van der Waals surface area contributed by atoms with E-state index >= 15 is 0 Å². The van der Waals surface area contributed by atoms with E-state index in [-0.39, 0.29) is 31.0 Å². The highest BCUT2D eigenvalue weighted by molar-refractivity contribution is 6.00. The van der Waals surface area contributed by atoms with Gasteiger partial charge in [0.1, 0.15) is 24.4 Å². The van der Waals surface area contributed by atoms with Crippen LogP contribution in [0, 0.1) is 0 Å². The summed E-state index contributed by atoms with van der Waals surface area (Å²) < 4.78 is 5.65. The van der Waals surface area contributed by atoms with Gasteiger partial charge in [-0.15, -0.1) is 0 Å². The number of carbonyl (C=O) groups excluding carboxylic acids is 3. The molecular formula is C22H25N3O5. The summed E-state index contributed by atoms with van der Waals surface area (Å²) >= 11 is 0. The van der Waals surface area contributed by atoms with Gasteiger partial charge in [0.2, 0.25) is 11.8 Å². The first-order chi connectivity index (χ1) is 14.5. The number of carbonyl (C=O) groups is 3. The average Bonchev–Trinajstić information content (AvgIpc) is 2.75. The Morgan fingerprint density at radius 3 is 2.43 bits per heavy atom. The molecule has 1 aliphatic rings. The van der Waals surface area contributed by atoms with Crippen LogP contribution in [-0.4, -0.2) is 54.2 Å². The molecule has 1 aliphatic heterocycles. The number of fused-ring (bicyclic) bond motifs is 1. The van der Waals surface area contributed by atoms with Gasteiger partial charge in [0.15, 0.2) is 0 Å². The fraction of sp³-hybridized carbons (Fsp3) is 0.318. The highest BCUT2D eigenvalue weighted by Crippen LogP contribution is 2.18. The predicted molar refractivity (Wildman–Crippen MR) is 110 cm³/mol. The Morgan fingerprint density at radius 1 is 1.00 bits per heavy atom. The van der Waals surface area contributed by atoms with Crippen LogP contribution in [0.5, 0.6) is 5.75 Å². The van der Waals surface area contributed by atoms with Gasteiger partial charge in [-0.1, -0.05) is 42.5 Å². The van der Waals surface area contributed by atoms with Gasteiger partial charge in [-0.05, 0) is 24.6 Å². The molecule has 3 rings (SSSR count). The Kier molecular flexibility index (Phi) is 7.03. The molecule has 30 heavy (non-hydrogen) atoms. The summed E-state index contributed by atoms with van der Waals surface area (Å²) in [6.07, 6.45) is -0.910. The van der Waals surface area contributed by atoms with Crippen molar-refractivity contribution in [2.45, 2.75) is 31.5 Å². The summed E-state index contributed by atoms with van der Waals surface area (Å²) in [6.45, 7) is 1.76. The van der Waals surface area contributed by atoms with Gasteiger partial charge >= 0.3 is 0 Å². The minimum atomic E-state index is -1.24. The molecule has 0 saturated carbocycles. The van der Waals surface area contributed by atoms with E-state index in [4.69, 9.17) is 4.74 Å². The first-order valence-electron chi connectivity index (χ1n) is 9.78. The first-order valence-corrected chi connectivity index (χ1v) is 9.78. The molecule has 2 aromatic rings. The van der Waals surface area contributed by atoms with Gasteiger partial charge < -0.3 is 25.8 Å². The minimum absolute atomic E-state index is 0.155. The minimum Gasteiger partial charge on any atom is -0.491 e. The predicted octanol–water partition coefficient (Wildman–Crippen LogP) is 0.402. The van der Waals surface area contributed by atoms with Crippen LogP contribution in [-0.2, 0) is 16.0 Å². The number of hydrogen-bond donors (Lipinski definition) is 4. The largest absolute Gasteiger partial charge is 0.491 e. The van der Waals surface area contributed by atoms with E-state index in [1.54, 1.807) is 24.3 Å². The Balaban J connectivity index is 1.88. The van der Waals surface area contributed by atoms with Crippen molar-refractivity contribution >= 4 is 17.7 Å². The molecule has 0 spiro atoms. The van der Waals surface area contributed by atoms with Gasteiger partial charge in [0, 0.05) is 6.42 Å².